The van der Waals surface area contributed by atoms with Crippen molar-refractivity contribution in [2.45, 2.75) is 53.4 Å². The number of rotatable bonds is 5. The molecule has 6 aromatic rings. The second kappa shape index (κ2) is 10.7. The molecular formula is C38H37N3O. The van der Waals surface area contributed by atoms with Gasteiger partial charge in [0.15, 0.2) is 0 Å². The number of hydrogen-bond acceptors (Lipinski definition) is 4. The van der Waals surface area contributed by atoms with E-state index in [0.29, 0.717) is 0 Å². The lowest BCUT2D eigenvalue weighted by Crippen LogP contribution is -2.11. The first-order valence-electron chi connectivity index (χ1n) is 14.6. The van der Waals surface area contributed by atoms with Crippen LogP contribution >= 0.6 is 0 Å². The lowest BCUT2D eigenvalue weighted by atomic mass is 9.86. The first-order chi connectivity index (χ1) is 20.0. The lowest BCUT2D eigenvalue weighted by molar-refractivity contribution is 0.412. The van der Waals surface area contributed by atoms with Gasteiger partial charge in [0, 0.05) is 45.9 Å². The van der Waals surface area contributed by atoms with Crippen molar-refractivity contribution >= 4 is 21.7 Å². The zero-order valence-electron chi connectivity index (χ0n) is 25.3. The molecule has 0 spiro atoms. The van der Waals surface area contributed by atoms with Crippen LogP contribution in [0.1, 0.15) is 52.7 Å². The van der Waals surface area contributed by atoms with Crippen LogP contribution in [0.15, 0.2) is 104 Å². The summed E-state index contributed by atoms with van der Waals surface area (Å²) in [4.78, 5) is 14.2. The fourth-order valence-electron chi connectivity index (χ4n) is 5.50. The van der Waals surface area contributed by atoms with Gasteiger partial charge in [-0.15, -0.1) is 0 Å². The zero-order chi connectivity index (χ0) is 29.5. The van der Waals surface area contributed by atoms with E-state index < -0.39 is 0 Å². The van der Waals surface area contributed by atoms with E-state index in [4.69, 9.17) is 14.7 Å². The van der Waals surface area contributed by atoms with Crippen molar-refractivity contribution in [1.82, 2.24) is 15.0 Å². The van der Waals surface area contributed by atoms with Gasteiger partial charge in [-0.1, -0.05) is 77.9 Å². The van der Waals surface area contributed by atoms with Gasteiger partial charge in [-0.3, -0.25) is 15.0 Å². The van der Waals surface area contributed by atoms with Crippen LogP contribution in [0.4, 0.5) is 0 Å². The molecule has 0 aliphatic carbocycles. The van der Waals surface area contributed by atoms with Crippen LogP contribution in [0.2, 0.25) is 0 Å². The minimum Gasteiger partial charge on any atom is -0.457 e. The second-order valence-corrected chi connectivity index (χ2v) is 13.3. The summed E-state index contributed by atoms with van der Waals surface area (Å²) in [5, 5.41) is 3.39. The third kappa shape index (κ3) is 5.75. The Balaban J connectivity index is 1.34. The quantitative estimate of drug-likeness (QED) is 0.200. The summed E-state index contributed by atoms with van der Waals surface area (Å²) in [6, 6.07) is 29.1. The number of benzene rings is 3. The Bertz CT molecular complexity index is 1910. The average molecular weight is 552 g/mol. The van der Waals surface area contributed by atoms with E-state index in [1.807, 2.05) is 48.9 Å². The maximum Gasteiger partial charge on any atom is 0.128 e. The Hall–Kier alpha value is -4.57. The first kappa shape index (κ1) is 27.6. The number of ether oxygens (including phenoxy) is 1. The molecule has 0 aliphatic rings. The van der Waals surface area contributed by atoms with Crippen LogP contribution in [-0.4, -0.2) is 15.0 Å². The van der Waals surface area contributed by atoms with Gasteiger partial charge in [0.2, 0.25) is 0 Å². The fourth-order valence-corrected chi connectivity index (χ4v) is 5.50. The number of aromatic nitrogens is 3. The van der Waals surface area contributed by atoms with E-state index in [2.05, 4.69) is 101 Å². The smallest absolute Gasteiger partial charge is 0.128 e. The highest BCUT2D eigenvalue weighted by Crippen LogP contribution is 2.36. The maximum absolute atomic E-state index is 6.38. The highest BCUT2D eigenvalue weighted by Gasteiger charge is 2.17. The van der Waals surface area contributed by atoms with Crippen molar-refractivity contribution < 1.29 is 4.74 Å². The molecule has 0 unspecified atom stereocenters. The topological polar surface area (TPSA) is 47.9 Å². The van der Waals surface area contributed by atoms with E-state index in [-0.39, 0.29) is 10.8 Å². The number of fused-ring (bicyclic) bond motifs is 3. The van der Waals surface area contributed by atoms with Gasteiger partial charge in [0.1, 0.15) is 11.5 Å². The van der Waals surface area contributed by atoms with E-state index in [9.17, 15) is 0 Å². The third-order valence-corrected chi connectivity index (χ3v) is 7.56. The molecule has 0 aliphatic heterocycles. The molecule has 0 N–H and O–H groups in total. The predicted molar refractivity (Wildman–Crippen MR) is 174 cm³/mol. The summed E-state index contributed by atoms with van der Waals surface area (Å²) in [5.41, 5.74) is 7.72. The van der Waals surface area contributed by atoms with Gasteiger partial charge in [-0.05, 0) is 76.9 Å². The molecule has 3 aromatic carbocycles. The van der Waals surface area contributed by atoms with Crippen LogP contribution < -0.4 is 4.74 Å². The number of pyridine rings is 3. The van der Waals surface area contributed by atoms with Crippen molar-refractivity contribution in [3.63, 3.8) is 0 Å². The molecule has 4 heteroatoms. The summed E-state index contributed by atoms with van der Waals surface area (Å²) in [6.07, 6.45) is 6.69. The van der Waals surface area contributed by atoms with Gasteiger partial charge in [0.25, 0.3) is 0 Å². The zero-order valence-corrected chi connectivity index (χ0v) is 25.3. The third-order valence-electron chi connectivity index (χ3n) is 7.56. The predicted octanol–water partition coefficient (Wildman–Crippen LogP) is 10.2. The summed E-state index contributed by atoms with van der Waals surface area (Å²) >= 11 is 0. The van der Waals surface area contributed by atoms with Gasteiger partial charge in [-0.2, -0.15) is 0 Å². The Labute approximate surface area is 248 Å². The van der Waals surface area contributed by atoms with Crippen LogP contribution in [0.25, 0.3) is 44.2 Å². The van der Waals surface area contributed by atoms with Crippen molar-refractivity contribution in [3.8, 4) is 34.0 Å². The molecule has 0 fully saturated rings. The molecule has 0 radical (unpaired) electrons. The summed E-state index contributed by atoms with van der Waals surface area (Å²) in [7, 11) is 0. The van der Waals surface area contributed by atoms with Crippen LogP contribution in [0.5, 0.6) is 11.5 Å². The number of hydrogen-bond donors (Lipinski definition) is 0. The molecule has 0 amide bonds. The van der Waals surface area contributed by atoms with Crippen molar-refractivity contribution in [3.05, 3.63) is 115 Å². The van der Waals surface area contributed by atoms with Crippen LogP contribution in [-0.2, 0) is 11.8 Å². The van der Waals surface area contributed by atoms with Gasteiger partial charge < -0.3 is 4.74 Å². The standard InChI is InChI=1S/C38H37N3O/c1-37(2,3)24-27-15-18-41-36-31(27)13-14-32-33(36)17-20-40-35(32)26-10-8-12-30(22-26)42-29-11-7-9-25(21-29)34-23-28(16-19-39-34)38(4,5)6/h7-23H,24H2,1-6H3. The minimum atomic E-state index is 0.0545. The Morgan fingerprint density at radius 1 is 0.595 bits per heavy atom. The normalized spacial score (nSPS) is 12.1. The molecule has 4 nitrogen and oxygen atoms in total. The molecule has 0 atom stereocenters. The maximum atomic E-state index is 6.38. The van der Waals surface area contributed by atoms with E-state index >= 15 is 0 Å². The molecule has 42 heavy (non-hydrogen) atoms. The summed E-state index contributed by atoms with van der Waals surface area (Å²) in [6.45, 7) is 13.5. The molecule has 6 rings (SSSR count). The number of nitrogens with zero attached hydrogens (tertiary/aromatic N) is 3. The highest BCUT2D eigenvalue weighted by atomic mass is 16.5. The van der Waals surface area contributed by atoms with Crippen molar-refractivity contribution in [1.29, 1.82) is 0 Å². The SMILES string of the molecule is CC(C)(C)Cc1ccnc2c1ccc1c(-c3cccc(Oc4cccc(-c5cc(C(C)(C)C)ccn5)c4)c3)nccc12. The minimum absolute atomic E-state index is 0.0545. The molecule has 3 aromatic heterocycles. The average Bonchev–Trinajstić information content (AvgIpc) is 2.96. The van der Waals surface area contributed by atoms with Gasteiger partial charge >= 0.3 is 0 Å². The summed E-state index contributed by atoms with van der Waals surface area (Å²) < 4.78 is 6.38. The monoisotopic (exact) mass is 551 g/mol. The van der Waals surface area contributed by atoms with Crippen molar-refractivity contribution in [2.24, 2.45) is 5.41 Å². The highest BCUT2D eigenvalue weighted by molar-refractivity contribution is 6.10. The second-order valence-electron chi connectivity index (χ2n) is 13.3. The Kier molecular flexibility index (Phi) is 7.02. The van der Waals surface area contributed by atoms with Crippen molar-refractivity contribution in [2.75, 3.05) is 0 Å². The molecule has 0 saturated carbocycles. The molecule has 0 bridgehead atoms. The molecule has 3 heterocycles. The van der Waals surface area contributed by atoms with E-state index in [0.717, 1.165) is 56.7 Å². The molecular weight excluding hydrogens is 514 g/mol. The Morgan fingerprint density at radius 2 is 1.26 bits per heavy atom. The van der Waals surface area contributed by atoms with E-state index in [1.165, 1.54) is 16.5 Å². The Morgan fingerprint density at radius 3 is 2.00 bits per heavy atom. The van der Waals surface area contributed by atoms with Crippen LogP contribution in [0, 0.1) is 5.41 Å². The van der Waals surface area contributed by atoms with E-state index in [1.54, 1.807) is 0 Å². The van der Waals surface area contributed by atoms with Gasteiger partial charge in [0.05, 0.1) is 16.9 Å². The largest absolute Gasteiger partial charge is 0.457 e. The summed E-state index contributed by atoms with van der Waals surface area (Å²) in [5.74, 6) is 1.52. The molecule has 210 valence electrons. The molecule has 0 saturated heterocycles. The lowest BCUT2D eigenvalue weighted by Gasteiger charge is -2.19. The van der Waals surface area contributed by atoms with Gasteiger partial charge in [-0.25, -0.2) is 0 Å². The first-order valence-corrected chi connectivity index (χ1v) is 14.6. The fraction of sp³-hybridized carbons (Fsp3) is 0.237. The van der Waals surface area contributed by atoms with Crippen LogP contribution in [0.3, 0.4) is 0 Å².